The number of benzene rings is 6. The lowest BCUT2D eigenvalue weighted by Gasteiger charge is -2.12. The summed E-state index contributed by atoms with van der Waals surface area (Å²) in [6.07, 6.45) is 0. The maximum atomic E-state index is 13.6. The fraction of sp³-hybridized carbons (Fsp3) is 0.0465. The minimum atomic E-state index is -0.104. The highest BCUT2D eigenvalue weighted by Gasteiger charge is 2.15. The average molecular weight is 681 g/mol. The summed E-state index contributed by atoms with van der Waals surface area (Å²) >= 11 is 0. The van der Waals surface area contributed by atoms with Crippen LogP contribution < -0.4 is 15.4 Å². The molecular weight excluding hydrogens is 649 g/mol. The van der Waals surface area contributed by atoms with Gasteiger partial charge in [-0.3, -0.25) is 4.79 Å². The zero-order valence-corrected chi connectivity index (χ0v) is 28.1. The van der Waals surface area contributed by atoms with Crippen molar-refractivity contribution in [2.75, 3.05) is 17.7 Å². The van der Waals surface area contributed by atoms with Gasteiger partial charge in [-0.2, -0.15) is 0 Å². The zero-order valence-electron chi connectivity index (χ0n) is 28.1. The number of para-hydroxylation sites is 2. The Morgan fingerprint density at radius 1 is 0.558 bits per heavy atom. The summed E-state index contributed by atoms with van der Waals surface area (Å²) in [5, 5.41) is 18.0. The van der Waals surface area contributed by atoms with Gasteiger partial charge in [0.05, 0.1) is 24.8 Å². The predicted octanol–water partition coefficient (Wildman–Crippen LogP) is 9.13. The second-order valence-electron chi connectivity index (χ2n) is 12.1. The van der Waals surface area contributed by atoms with Crippen LogP contribution in [0.1, 0.15) is 21.5 Å². The van der Waals surface area contributed by atoms with E-state index < -0.39 is 0 Å². The molecule has 2 aromatic heterocycles. The molecule has 8 rings (SSSR count). The zero-order chi connectivity index (χ0) is 35.4. The van der Waals surface area contributed by atoms with Crippen LogP contribution in [0.2, 0.25) is 0 Å². The third kappa shape index (κ3) is 6.64. The number of anilines is 4. The molecule has 0 amide bonds. The van der Waals surface area contributed by atoms with Gasteiger partial charge in [0.25, 0.3) is 0 Å². The molecule has 0 aliphatic heterocycles. The summed E-state index contributed by atoms with van der Waals surface area (Å²) in [7, 11) is 1.64. The lowest BCUT2D eigenvalue weighted by molar-refractivity contribution is 0.103. The number of aromatic nitrogens is 4. The van der Waals surface area contributed by atoms with E-state index in [1.165, 1.54) is 0 Å². The summed E-state index contributed by atoms with van der Waals surface area (Å²) in [5.74, 6) is 3.09. The number of carbonyl (C=O) groups is 1. The fourth-order valence-electron chi connectivity index (χ4n) is 5.95. The molecule has 0 spiro atoms. The molecule has 0 fully saturated rings. The molecule has 0 aliphatic rings. The molecule has 2 heterocycles. The van der Waals surface area contributed by atoms with Crippen molar-refractivity contribution < 1.29 is 14.6 Å². The highest BCUT2D eigenvalue weighted by atomic mass is 16.5. The number of nitrogens with zero attached hydrogens (tertiary/aromatic N) is 4. The molecule has 9 heteroatoms. The number of aliphatic hydroxyl groups is 1. The fourth-order valence-corrected chi connectivity index (χ4v) is 5.95. The van der Waals surface area contributed by atoms with Crippen molar-refractivity contribution in [3.8, 4) is 28.5 Å². The van der Waals surface area contributed by atoms with Gasteiger partial charge in [0.1, 0.15) is 17.4 Å². The molecule has 0 atom stereocenters. The minimum absolute atomic E-state index is 0.0176. The topological polar surface area (TPSA) is 122 Å². The number of methoxy groups -OCH3 is 1. The SMILES string of the molecule is COc1ccc(Nc2nc(-c3ccc(C(=O)c4ccc(-c5nc(Nc6ccc(CO)cc6)c6ccccc6n5)cc4)cc3)nc3ccccc23)cc1. The molecule has 52 heavy (non-hydrogen) atoms. The minimum Gasteiger partial charge on any atom is -0.497 e. The van der Waals surface area contributed by atoms with Crippen LogP contribution in [-0.2, 0) is 6.61 Å². The summed E-state index contributed by atoms with van der Waals surface area (Å²) in [6.45, 7) is -0.0176. The molecule has 9 nitrogen and oxygen atoms in total. The maximum Gasteiger partial charge on any atom is 0.193 e. The number of aliphatic hydroxyl groups excluding tert-OH is 1. The van der Waals surface area contributed by atoms with Gasteiger partial charge in [-0.15, -0.1) is 0 Å². The van der Waals surface area contributed by atoms with Crippen LogP contribution in [0.15, 0.2) is 146 Å². The number of fused-ring (bicyclic) bond motifs is 2. The molecule has 3 N–H and O–H groups in total. The monoisotopic (exact) mass is 680 g/mol. The van der Waals surface area contributed by atoms with Crippen molar-refractivity contribution in [1.82, 2.24) is 19.9 Å². The quantitative estimate of drug-likeness (QED) is 0.121. The number of hydrogen-bond donors (Lipinski definition) is 3. The number of ether oxygens (including phenoxy) is 1. The van der Waals surface area contributed by atoms with Crippen molar-refractivity contribution >= 4 is 50.6 Å². The van der Waals surface area contributed by atoms with Gasteiger partial charge in [0, 0.05) is 44.4 Å². The Bertz CT molecular complexity index is 2360. The van der Waals surface area contributed by atoms with E-state index in [1.54, 1.807) is 31.4 Å². The molecule has 0 aliphatic carbocycles. The van der Waals surface area contributed by atoms with E-state index >= 15 is 0 Å². The molecule has 0 bridgehead atoms. The summed E-state index contributed by atoms with van der Waals surface area (Å²) in [6, 6.07) is 45.6. The number of carbonyl (C=O) groups excluding carboxylic acids is 1. The molecule has 0 unspecified atom stereocenters. The molecule has 8 aromatic rings. The second kappa shape index (κ2) is 14.1. The lowest BCUT2D eigenvalue weighted by atomic mass is 10.0. The Morgan fingerprint density at radius 2 is 1.00 bits per heavy atom. The van der Waals surface area contributed by atoms with E-state index in [2.05, 4.69) is 10.6 Å². The third-order valence-corrected chi connectivity index (χ3v) is 8.77. The van der Waals surface area contributed by atoms with E-state index in [4.69, 9.17) is 24.7 Å². The van der Waals surface area contributed by atoms with Gasteiger partial charge in [-0.05, 0) is 66.2 Å². The molecule has 0 radical (unpaired) electrons. The molecule has 252 valence electrons. The van der Waals surface area contributed by atoms with Crippen molar-refractivity contribution in [2.24, 2.45) is 0 Å². The predicted molar refractivity (Wildman–Crippen MR) is 205 cm³/mol. The van der Waals surface area contributed by atoms with Crippen LogP contribution in [-0.4, -0.2) is 37.9 Å². The van der Waals surface area contributed by atoms with Gasteiger partial charge in [0.2, 0.25) is 0 Å². The molecule has 6 aromatic carbocycles. The average Bonchev–Trinajstić information content (AvgIpc) is 3.21. The summed E-state index contributed by atoms with van der Waals surface area (Å²) in [4.78, 5) is 33.0. The van der Waals surface area contributed by atoms with Crippen molar-refractivity contribution in [2.45, 2.75) is 6.61 Å². The van der Waals surface area contributed by atoms with Crippen LogP contribution in [0.3, 0.4) is 0 Å². The van der Waals surface area contributed by atoms with Gasteiger partial charge in [-0.25, -0.2) is 19.9 Å². The third-order valence-electron chi connectivity index (χ3n) is 8.77. The van der Waals surface area contributed by atoms with Crippen LogP contribution in [0.25, 0.3) is 44.6 Å². The largest absolute Gasteiger partial charge is 0.497 e. The van der Waals surface area contributed by atoms with E-state index in [-0.39, 0.29) is 12.4 Å². The van der Waals surface area contributed by atoms with Gasteiger partial charge < -0.3 is 20.5 Å². The lowest BCUT2D eigenvalue weighted by Crippen LogP contribution is -2.03. The Balaban J connectivity index is 1.03. The first-order valence-corrected chi connectivity index (χ1v) is 16.7. The van der Waals surface area contributed by atoms with E-state index in [9.17, 15) is 9.90 Å². The Morgan fingerprint density at radius 3 is 1.44 bits per heavy atom. The van der Waals surface area contributed by atoms with Crippen LogP contribution in [0.4, 0.5) is 23.0 Å². The first-order chi connectivity index (χ1) is 25.5. The smallest absolute Gasteiger partial charge is 0.193 e. The highest BCUT2D eigenvalue weighted by Crippen LogP contribution is 2.30. The van der Waals surface area contributed by atoms with Crippen LogP contribution >= 0.6 is 0 Å². The van der Waals surface area contributed by atoms with Gasteiger partial charge in [0.15, 0.2) is 17.4 Å². The van der Waals surface area contributed by atoms with Gasteiger partial charge >= 0.3 is 0 Å². The van der Waals surface area contributed by atoms with Crippen LogP contribution in [0, 0.1) is 0 Å². The standard InChI is InChI=1S/C43H32N6O3/c1-52-34-24-22-33(23-25-34)45-43-36-7-3-5-9-38(36)47-41(49-43)31-18-14-29(15-19-31)39(51)28-12-16-30(17-13-28)40-46-37-8-4-2-6-35(37)42(48-40)44-32-20-10-27(26-50)11-21-32/h2-25,50H,26H2,1H3,(H,44,46,48)(H,45,47,49). The van der Waals surface area contributed by atoms with Crippen molar-refractivity contribution in [3.63, 3.8) is 0 Å². The Hall–Kier alpha value is -6.97. The van der Waals surface area contributed by atoms with Gasteiger partial charge in [-0.1, -0.05) is 84.9 Å². The Kier molecular flexibility index (Phi) is 8.75. The van der Waals surface area contributed by atoms with E-state index in [1.807, 2.05) is 121 Å². The Labute approximate surface area is 299 Å². The van der Waals surface area contributed by atoms with Crippen molar-refractivity contribution in [3.05, 3.63) is 162 Å². The first kappa shape index (κ1) is 32.2. The first-order valence-electron chi connectivity index (χ1n) is 16.7. The van der Waals surface area contributed by atoms with E-state index in [0.717, 1.165) is 55.6 Å². The number of rotatable bonds is 10. The van der Waals surface area contributed by atoms with Crippen molar-refractivity contribution in [1.29, 1.82) is 0 Å². The molecular formula is C43H32N6O3. The maximum absolute atomic E-state index is 13.6. The second-order valence-corrected chi connectivity index (χ2v) is 12.1. The number of ketones is 1. The highest BCUT2D eigenvalue weighted by molar-refractivity contribution is 6.09. The molecule has 0 saturated heterocycles. The summed E-state index contributed by atoms with van der Waals surface area (Å²) < 4.78 is 5.29. The number of nitrogens with one attached hydrogen (secondary N) is 2. The molecule has 0 saturated carbocycles. The number of hydrogen-bond acceptors (Lipinski definition) is 9. The normalized spacial score (nSPS) is 11.0. The summed E-state index contributed by atoms with van der Waals surface area (Å²) in [5.41, 5.74) is 6.81. The van der Waals surface area contributed by atoms with Crippen LogP contribution in [0.5, 0.6) is 5.75 Å². The van der Waals surface area contributed by atoms with E-state index in [0.29, 0.717) is 34.4 Å².